The summed E-state index contributed by atoms with van der Waals surface area (Å²) in [6.45, 7) is 8.82. The number of nitrogens with zero attached hydrogens (tertiary/aromatic N) is 1. The van der Waals surface area contributed by atoms with Gasteiger partial charge in [-0.2, -0.15) is 0 Å². The van der Waals surface area contributed by atoms with Crippen molar-refractivity contribution in [3.8, 4) is 0 Å². The Balaban J connectivity index is 2.82. The number of nitrogen functional groups attached to an aromatic ring is 1. The highest BCUT2D eigenvalue weighted by Crippen LogP contribution is 2.28. The van der Waals surface area contributed by atoms with Crippen LogP contribution in [0.4, 0.5) is 11.4 Å². The fourth-order valence-electron chi connectivity index (χ4n) is 2.74. The molecule has 21 heavy (non-hydrogen) atoms. The van der Waals surface area contributed by atoms with Gasteiger partial charge in [0.1, 0.15) is 0 Å². The van der Waals surface area contributed by atoms with Gasteiger partial charge in [0.25, 0.3) is 0 Å². The van der Waals surface area contributed by atoms with Gasteiger partial charge in [0.05, 0.1) is 18.0 Å². The van der Waals surface area contributed by atoms with Crippen molar-refractivity contribution in [2.75, 3.05) is 23.8 Å². The monoisotopic (exact) mass is 292 g/mol. The van der Waals surface area contributed by atoms with Crippen molar-refractivity contribution in [1.82, 2.24) is 0 Å². The first-order chi connectivity index (χ1) is 9.74. The van der Waals surface area contributed by atoms with Crippen LogP contribution in [-0.4, -0.2) is 24.2 Å². The minimum atomic E-state index is -0.0757. The number of amides is 1. The van der Waals surface area contributed by atoms with Crippen LogP contribution in [0.3, 0.4) is 0 Å². The topological polar surface area (TPSA) is 66.6 Å². The van der Waals surface area contributed by atoms with Gasteiger partial charge in [-0.15, -0.1) is 0 Å². The average molecular weight is 292 g/mol. The molecule has 0 radical (unpaired) electrons. The van der Waals surface area contributed by atoms with E-state index >= 15 is 0 Å². The van der Waals surface area contributed by atoms with Crippen LogP contribution in [0.1, 0.15) is 40.5 Å². The molecule has 4 nitrogen and oxygen atoms in total. The summed E-state index contributed by atoms with van der Waals surface area (Å²) in [7, 11) is 0. The number of nitrogens with two attached hydrogens (primary N) is 1. The molecule has 0 aromatic heterocycles. The van der Waals surface area contributed by atoms with Crippen LogP contribution in [0, 0.1) is 11.3 Å². The van der Waals surface area contributed by atoms with Crippen LogP contribution in [0.5, 0.6) is 0 Å². The molecule has 0 aliphatic rings. The van der Waals surface area contributed by atoms with Gasteiger partial charge in [0.15, 0.2) is 0 Å². The Bertz CT molecular complexity index is 466. The number of benzene rings is 1. The molecule has 0 saturated heterocycles. The molecule has 0 fully saturated rings. The smallest absolute Gasteiger partial charge is 0.227 e. The van der Waals surface area contributed by atoms with Crippen molar-refractivity contribution in [3.05, 3.63) is 24.3 Å². The third kappa shape index (κ3) is 5.76. The molecule has 118 valence electrons. The van der Waals surface area contributed by atoms with Crippen molar-refractivity contribution in [2.24, 2.45) is 11.3 Å². The highest BCUT2D eigenvalue weighted by atomic mass is 16.3. The fourth-order valence-corrected chi connectivity index (χ4v) is 2.74. The lowest BCUT2D eigenvalue weighted by atomic mass is 9.84. The predicted octanol–water partition coefficient (Wildman–Crippen LogP) is 3.06. The van der Waals surface area contributed by atoms with Crippen molar-refractivity contribution < 1.29 is 9.90 Å². The number of hydrogen-bond donors (Lipinski definition) is 2. The van der Waals surface area contributed by atoms with E-state index in [-0.39, 0.29) is 24.5 Å². The second-order valence-corrected chi connectivity index (χ2v) is 6.90. The van der Waals surface area contributed by atoms with E-state index in [0.29, 0.717) is 23.7 Å². The van der Waals surface area contributed by atoms with Gasteiger partial charge in [-0.05, 0) is 29.9 Å². The van der Waals surface area contributed by atoms with Gasteiger partial charge in [0.2, 0.25) is 5.91 Å². The summed E-state index contributed by atoms with van der Waals surface area (Å²) in [5.41, 5.74) is 7.39. The van der Waals surface area contributed by atoms with Gasteiger partial charge >= 0.3 is 0 Å². The van der Waals surface area contributed by atoms with Crippen LogP contribution in [-0.2, 0) is 4.79 Å². The molecule has 1 aromatic carbocycles. The van der Waals surface area contributed by atoms with Crippen LogP contribution in [0.2, 0.25) is 0 Å². The molecule has 0 aliphatic heterocycles. The van der Waals surface area contributed by atoms with Gasteiger partial charge < -0.3 is 15.7 Å². The van der Waals surface area contributed by atoms with Crippen molar-refractivity contribution in [2.45, 2.75) is 40.5 Å². The highest BCUT2D eigenvalue weighted by Gasteiger charge is 2.22. The van der Waals surface area contributed by atoms with Crippen molar-refractivity contribution in [1.29, 1.82) is 0 Å². The number of anilines is 2. The standard InChI is InChI=1S/C17H28N2O2/c1-13(12-17(2,3)4)11-16(21)19(9-10-20)15-8-6-5-7-14(15)18/h5-8,13,20H,9-12,18H2,1-4H3. The molecule has 4 heteroatoms. The minimum Gasteiger partial charge on any atom is -0.397 e. The zero-order valence-corrected chi connectivity index (χ0v) is 13.6. The Morgan fingerprint density at radius 1 is 1.33 bits per heavy atom. The van der Waals surface area contributed by atoms with E-state index in [1.165, 1.54) is 0 Å². The Morgan fingerprint density at radius 2 is 1.95 bits per heavy atom. The molecule has 3 N–H and O–H groups in total. The molecule has 0 bridgehead atoms. The average Bonchev–Trinajstić information content (AvgIpc) is 2.34. The van der Waals surface area contributed by atoms with Crippen molar-refractivity contribution >= 4 is 17.3 Å². The van der Waals surface area contributed by atoms with Crippen LogP contribution in [0.15, 0.2) is 24.3 Å². The van der Waals surface area contributed by atoms with Crippen molar-refractivity contribution in [3.63, 3.8) is 0 Å². The lowest BCUT2D eigenvalue weighted by Crippen LogP contribution is -2.35. The molecule has 0 aliphatic carbocycles. The molecule has 0 spiro atoms. The molecular formula is C17H28N2O2. The van der Waals surface area contributed by atoms with E-state index in [1.54, 1.807) is 11.0 Å². The summed E-state index contributed by atoms with van der Waals surface area (Å²) >= 11 is 0. The summed E-state index contributed by atoms with van der Waals surface area (Å²) in [5, 5.41) is 9.22. The number of rotatable bonds is 6. The maximum Gasteiger partial charge on any atom is 0.227 e. The Labute approximate surface area is 128 Å². The molecule has 1 rings (SSSR count). The second kappa shape index (κ2) is 7.46. The Hall–Kier alpha value is -1.55. The van der Waals surface area contributed by atoms with E-state index < -0.39 is 0 Å². The summed E-state index contributed by atoms with van der Waals surface area (Å²) in [6, 6.07) is 7.27. The summed E-state index contributed by atoms with van der Waals surface area (Å²) in [6.07, 6.45) is 1.45. The number of carbonyl (C=O) groups excluding carboxylic acids is 1. The molecule has 1 unspecified atom stereocenters. The summed E-state index contributed by atoms with van der Waals surface area (Å²) in [4.78, 5) is 14.1. The minimum absolute atomic E-state index is 0.0127. The SMILES string of the molecule is CC(CC(=O)N(CCO)c1ccccc1N)CC(C)(C)C. The maximum absolute atomic E-state index is 12.5. The van der Waals surface area contributed by atoms with Crippen LogP contribution >= 0.6 is 0 Å². The number of aliphatic hydroxyl groups is 1. The molecular weight excluding hydrogens is 264 g/mol. The Morgan fingerprint density at radius 3 is 2.48 bits per heavy atom. The molecule has 0 saturated carbocycles. The van der Waals surface area contributed by atoms with Gasteiger partial charge in [-0.25, -0.2) is 0 Å². The van der Waals surface area contributed by atoms with E-state index in [4.69, 9.17) is 5.73 Å². The molecule has 1 amide bonds. The lowest BCUT2D eigenvalue weighted by Gasteiger charge is -2.27. The molecule has 1 atom stereocenters. The highest BCUT2D eigenvalue weighted by molar-refractivity contribution is 5.96. The van der Waals surface area contributed by atoms with E-state index in [0.717, 1.165) is 6.42 Å². The fraction of sp³-hybridized carbons (Fsp3) is 0.588. The zero-order chi connectivity index (χ0) is 16.0. The third-order valence-corrected chi connectivity index (χ3v) is 3.34. The van der Waals surface area contributed by atoms with E-state index in [2.05, 4.69) is 27.7 Å². The number of para-hydroxylation sites is 2. The first-order valence-corrected chi connectivity index (χ1v) is 7.50. The van der Waals surface area contributed by atoms with E-state index in [1.807, 2.05) is 18.2 Å². The third-order valence-electron chi connectivity index (χ3n) is 3.34. The molecule has 0 heterocycles. The number of aliphatic hydroxyl groups excluding tert-OH is 1. The van der Waals surface area contributed by atoms with Gasteiger partial charge in [0, 0.05) is 13.0 Å². The first-order valence-electron chi connectivity index (χ1n) is 7.50. The predicted molar refractivity (Wildman–Crippen MR) is 88.1 cm³/mol. The van der Waals surface area contributed by atoms with Crippen LogP contribution < -0.4 is 10.6 Å². The Kier molecular flexibility index (Phi) is 6.21. The maximum atomic E-state index is 12.5. The van der Waals surface area contributed by atoms with E-state index in [9.17, 15) is 9.90 Å². The second-order valence-electron chi connectivity index (χ2n) is 6.90. The largest absolute Gasteiger partial charge is 0.397 e. The molecule has 1 aromatic rings. The number of carbonyl (C=O) groups is 1. The van der Waals surface area contributed by atoms with Gasteiger partial charge in [-0.1, -0.05) is 39.8 Å². The van der Waals surface area contributed by atoms with Gasteiger partial charge in [-0.3, -0.25) is 4.79 Å². The van der Waals surface area contributed by atoms with Crippen LogP contribution in [0.25, 0.3) is 0 Å². The number of hydrogen-bond acceptors (Lipinski definition) is 3. The first kappa shape index (κ1) is 17.5. The lowest BCUT2D eigenvalue weighted by molar-refractivity contribution is -0.119. The summed E-state index contributed by atoms with van der Waals surface area (Å²) in [5.74, 6) is 0.308. The summed E-state index contributed by atoms with van der Waals surface area (Å²) < 4.78 is 0. The quantitative estimate of drug-likeness (QED) is 0.792. The normalized spacial score (nSPS) is 13.0. The zero-order valence-electron chi connectivity index (χ0n) is 13.6.